The highest BCUT2D eigenvalue weighted by Crippen LogP contribution is 2.15. The van der Waals surface area contributed by atoms with Crippen molar-refractivity contribution < 1.29 is 5.11 Å². The first-order chi connectivity index (χ1) is 8.81. The molecule has 0 radical (unpaired) electrons. The third kappa shape index (κ3) is 5.15. The standard InChI is InChI=1S/C15H23NOS/c1-16-15(12-18)14-9-7-13(8-10-14)6-4-2-3-5-11-17/h7-10,12,16-18H,2-6,11H2,1H3/b15-12-. The van der Waals surface area contributed by atoms with Gasteiger partial charge in [-0.3, -0.25) is 0 Å². The van der Waals surface area contributed by atoms with Gasteiger partial charge in [0.2, 0.25) is 0 Å². The summed E-state index contributed by atoms with van der Waals surface area (Å²) >= 11 is 4.18. The van der Waals surface area contributed by atoms with Gasteiger partial charge in [-0.15, -0.1) is 12.6 Å². The lowest BCUT2D eigenvalue weighted by Gasteiger charge is -2.07. The molecule has 0 amide bonds. The molecule has 0 bridgehead atoms. The minimum Gasteiger partial charge on any atom is -0.396 e. The number of aryl methyl sites for hydroxylation is 1. The molecule has 0 unspecified atom stereocenters. The molecule has 2 N–H and O–H groups in total. The lowest BCUT2D eigenvalue weighted by Crippen LogP contribution is -2.03. The van der Waals surface area contributed by atoms with Gasteiger partial charge in [-0.05, 0) is 35.8 Å². The third-order valence-corrected chi connectivity index (χ3v) is 3.30. The van der Waals surface area contributed by atoms with Crippen LogP contribution in [0.15, 0.2) is 29.7 Å². The van der Waals surface area contributed by atoms with Gasteiger partial charge in [0.15, 0.2) is 0 Å². The Balaban J connectivity index is 2.41. The Kier molecular flexibility index (Phi) is 7.62. The van der Waals surface area contributed by atoms with Crippen LogP contribution < -0.4 is 5.32 Å². The molecule has 100 valence electrons. The van der Waals surface area contributed by atoms with E-state index in [-0.39, 0.29) is 0 Å². The minimum absolute atomic E-state index is 0.317. The fourth-order valence-electron chi connectivity index (χ4n) is 1.93. The predicted molar refractivity (Wildman–Crippen MR) is 81.7 cm³/mol. The molecule has 0 heterocycles. The number of aliphatic hydroxyl groups excluding tert-OH is 1. The topological polar surface area (TPSA) is 32.3 Å². The molecule has 1 aromatic rings. The van der Waals surface area contributed by atoms with Gasteiger partial charge in [0, 0.05) is 19.4 Å². The fourth-order valence-corrected chi connectivity index (χ4v) is 2.21. The molecular weight excluding hydrogens is 242 g/mol. The van der Waals surface area contributed by atoms with Crippen molar-refractivity contribution in [3.05, 3.63) is 40.8 Å². The van der Waals surface area contributed by atoms with Crippen molar-refractivity contribution in [2.24, 2.45) is 0 Å². The first-order valence-electron chi connectivity index (χ1n) is 6.54. The van der Waals surface area contributed by atoms with E-state index in [1.807, 2.05) is 7.05 Å². The zero-order valence-electron chi connectivity index (χ0n) is 11.0. The molecule has 0 atom stereocenters. The number of aliphatic hydroxyl groups is 1. The molecule has 0 aromatic heterocycles. The summed E-state index contributed by atoms with van der Waals surface area (Å²) in [4.78, 5) is 0. The number of thiol groups is 1. The van der Waals surface area contributed by atoms with Crippen LogP contribution in [0.2, 0.25) is 0 Å². The second-order valence-corrected chi connectivity index (χ2v) is 4.64. The summed E-state index contributed by atoms with van der Waals surface area (Å²) in [5.41, 5.74) is 3.57. The summed E-state index contributed by atoms with van der Waals surface area (Å²) in [6.45, 7) is 0.317. The summed E-state index contributed by atoms with van der Waals surface area (Å²) in [5, 5.41) is 13.6. The molecule has 0 fully saturated rings. The Labute approximate surface area is 116 Å². The molecule has 0 aliphatic carbocycles. The van der Waals surface area contributed by atoms with Crippen LogP contribution in [0, 0.1) is 0 Å². The van der Waals surface area contributed by atoms with Gasteiger partial charge in [0.05, 0.1) is 0 Å². The highest BCUT2D eigenvalue weighted by molar-refractivity contribution is 7.83. The van der Waals surface area contributed by atoms with E-state index < -0.39 is 0 Å². The Morgan fingerprint density at radius 1 is 1.17 bits per heavy atom. The smallest absolute Gasteiger partial charge is 0.0472 e. The largest absolute Gasteiger partial charge is 0.396 e. The van der Waals surface area contributed by atoms with Crippen LogP contribution in [-0.2, 0) is 6.42 Å². The van der Waals surface area contributed by atoms with Crippen LogP contribution >= 0.6 is 12.6 Å². The SMILES string of the molecule is CN/C(=C\S)c1ccc(CCCCCCO)cc1. The van der Waals surface area contributed by atoms with Crippen LogP contribution in [0.25, 0.3) is 5.70 Å². The highest BCUT2D eigenvalue weighted by atomic mass is 32.1. The molecular formula is C15H23NOS. The van der Waals surface area contributed by atoms with Gasteiger partial charge in [-0.2, -0.15) is 0 Å². The van der Waals surface area contributed by atoms with Crippen molar-refractivity contribution in [2.75, 3.05) is 13.7 Å². The van der Waals surface area contributed by atoms with Gasteiger partial charge >= 0.3 is 0 Å². The number of rotatable bonds is 8. The predicted octanol–water partition coefficient (Wildman–Crippen LogP) is 3.23. The van der Waals surface area contributed by atoms with Crippen LogP contribution in [0.1, 0.15) is 36.8 Å². The Hall–Kier alpha value is -0.930. The van der Waals surface area contributed by atoms with Crippen molar-refractivity contribution in [3.63, 3.8) is 0 Å². The average Bonchev–Trinajstić information content (AvgIpc) is 2.41. The maximum Gasteiger partial charge on any atom is 0.0472 e. The van der Waals surface area contributed by atoms with E-state index in [9.17, 15) is 0 Å². The minimum atomic E-state index is 0.317. The lowest BCUT2D eigenvalue weighted by molar-refractivity contribution is 0.282. The maximum atomic E-state index is 8.69. The van der Waals surface area contributed by atoms with Crippen LogP contribution in [0.4, 0.5) is 0 Å². The Morgan fingerprint density at radius 3 is 2.39 bits per heavy atom. The number of nitrogens with one attached hydrogen (secondary N) is 1. The molecule has 0 aliphatic heterocycles. The van der Waals surface area contributed by atoms with E-state index >= 15 is 0 Å². The summed E-state index contributed by atoms with van der Waals surface area (Å²) in [5.74, 6) is 0. The number of benzene rings is 1. The Morgan fingerprint density at radius 2 is 1.83 bits per heavy atom. The van der Waals surface area contributed by atoms with Gasteiger partial charge in [0.1, 0.15) is 0 Å². The molecule has 0 saturated carbocycles. The lowest BCUT2D eigenvalue weighted by atomic mass is 10.0. The molecule has 0 spiro atoms. The van der Waals surface area contributed by atoms with Gasteiger partial charge < -0.3 is 10.4 Å². The Bertz CT molecular complexity index is 359. The van der Waals surface area contributed by atoms with E-state index in [0.717, 1.165) is 30.5 Å². The van der Waals surface area contributed by atoms with Crippen molar-refractivity contribution in [3.8, 4) is 0 Å². The van der Waals surface area contributed by atoms with Crippen LogP contribution in [-0.4, -0.2) is 18.8 Å². The van der Waals surface area contributed by atoms with Crippen LogP contribution in [0.5, 0.6) is 0 Å². The molecule has 0 aliphatic rings. The van der Waals surface area contributed by atoms with Gasteiger partial charge in [-0.25, -0.2) is 0 Å². The maximum absolute atomic E-state index is 8.69. The number of hydrogen-bond acceptors (Lipinski definition) is 3. The summed E-state index contributed by atoms with van der Waals surface area (Å²) in [7, 11) is 1.90. The van der Waals surface area contributed by atoms with Crippen molar-refractivity contribution in [2.45, 2.75) is 32.1 Å². The molecule has 3 heteroatoms. The van der Waals surface area contributed by atoms with E-state index in [4.69, 9.17) is 5.11 Å². The van der Waals surface area contributed by atoms with Crippen molar-refractivity contribution in [1.82, 2.24) is 5.32 Å². The molecule has 0 saturated heterocycles. The first kappa shape index (κ1) is 15.1. The molecule has 1 aromatic carbocycles. The van der Waals surface area contributed by atoms with E-state index in [2.05, 4.69) is 42.2 Å². The fraction of sp³-hybridized carbons (Fsp3) is 0.467. The quantitative estimate of drug-likeness (QED) is 0.498. The zero-order valence-corrected chi connectivity index (χ0v) is 11.9. The molecule has 18 heavy (non-hydrogen) atoms. The second kappa shape index (κ2) is 9.06. The number of hydrogen-bond donors (Lipinski definition) is 3. The number of unbranched alkanes of at least 4 members (excludes halogenated alkanes) is 3. The summed E-state index contributed by atoms with van der Waals surface area (Å²) < 4.78 is 0. The summed E-state index contributed by atoms with van der Waals surface area (Å²) in [6, 6.07) is 8.61. The highest BCUT2D eigenvalue weighted by Gasteiger charge is 1.99. The normalized spacial score (nSPS) is 11.6. The van der Waals surface area contributed by atoms with Gasteiger partial charge in [-0.1, -0.05) is 37.1 Å². The average molecular weight is 265 g/mol. The molecule has 2 nitrogen and oxygen atoms in total. The zero-order chi connectivity index (χ0) is 13.2. The van der Waals surface area contributed by atoms with E-state index in [1.165, 1.54) is 18.4 Å². The van der Waals surface area contributed by atoms with Crippen molar-refractivity contribution in [1.29, 1.82) is 0 Å². The van der Waals surface area contributed by atoms with Crippen LogP contribution in [0.3, 0.4) is 0 Å². The van der Waals surface area contributed by atoms with E-state index in [0.29, 0.717) is 6.61 Å². The first-order valence-corrected chi connectivity index (χ1v) is 7.05. The molecule has 1 rings (SSSR count). The third-order valence-electron chi connectivity index (χ3n) is 3.04. The second-order valence-electron chi connectivity index (χ2n) is 4.38. The monoisotopic (exact) mass is 265 g/mol. The van der Waals surface area contributed by atoms with Crippen molar-refractivity contribution >= 4 is 18.3 Å². The van der Waals surface area contributed by atoms with E-state index in [1.54, 1.807) is 5.41 Å². The summed E-state index contributed by atoms with van der Waals surface area (Å²) in [6.07, 6.45) is 5.56. The van der Waals surface area contributed by atoms with Gasteiger partial charge in [0.25, 0.3) is 0 Å².